The summed E-state index contributed by atoms with van der Waals surface area (Å²) < 4.78 is 12.1. The van der Waals surface area contributed by atoms with Gasteiger partial charge in [-0.2, -0.15) is 0 Å². The maximum atomic E-state index is 12.8. The molecular formula is C41H30Cl2O4. The molecule has 0 amide bonds. The standard InChI is InChI=1S/C41H30Cl2O4/c1-41(2,31-11-23-37(24-12-31)46-35-19-7-29(8-20-35)39(44)27-3-15-33(42)16-4-27)32-13-25-38(26-14-32)47-36-21-9-30(10-22-36)40(45)28-5-17-34(43)18-6-28/h3-26H,1-2H3. The van der Waals surface area contributed by atoms with Gasteiger partial charge in [-0.25, -0.2) is 0 Å². The van der Waals surface area contributed by atoms with Gasteiger partial charge in [-0.05, 0) is 132 Å². The number of carbonyl (C=O) groups excluding carboxylic acids is 2. The molecule has 232 valence electrons. The van der Waals surface area contributed by atoms with E-state index in [1.807, 2.05) is 24.3 Å². The van der Waals surface area contributed by atoms with Crippen LogP contribution in [0, 0.1) is 0 Å². The Morgan fingerprint density at radius 2 is 0.638 bits per heavy atom. The molecule has 0 heterocycles. The van der Waals surface area contributed by atoms with Gasteiger partial charge in [-0.3, -0.25) is 9.59 Å². The van der Waals surface area contributed by atoms with Gasteiger partial charge in [0.15, 0.2) is 11.6 Å². The predicted octanol–water partition coefficient (Wildman–Crippen LogP) is 11.4. The Hall–Kier alpha value is -5.16. The van der Waals surface area contributed by atoms with Gasteiger partial charge in [0, 0.05) is 37.7 Å². The summed E-state index contributed by atoms with van der Waals surface area (Å²) in [5.74, 6) is 2.54. The van der Waals surface area contributed by atoms with E-state index >= 15 is 0 Å². The predicted molar refractivity (Wildman–Crippen MR) is 188 cm³/mol. The van der Waals surface area contributed by atoms with E-state index in [-0.39, 0.29) is 17.0 Å². The Morgan fingerprint density at radius 3 is 0.915 bits per heavy atom. The largest absolute Gasteiger partial charge is 0.457 e. The zero-order chi connectivity index (χ0) is 33.0. The van der Waals surface area contributed by atoms with Gasteiger partial charge in [0.25, 0.3) is 0 Å². The van der Waals surface area contributed by atoms with Gasteiger partial charge < -0.3 is 9.47 Å². The molecule has 0 aliphatic rings. The fourth-order valence-corrected chi connectivity index (χ4v) is 5.45. The third kappa shape index (κ3) is 7.47. The summed E-state index contributed by atoms with van der Waals surface area (Å²) in [6.45, 7) is 4.34. The Kier molecular flexibility index (Phi) is 9.26. The summed E-state index contributed by atoms with van der Waals surface area (Å²) in [6.07, 6.45) is 0. The zero-order valence-corrected chi connectivity index (χ0v) is 27.3. The number of halogens is 2. The zero-order valence-electron chi connectivity index (χ0n) is 25.7. The van der Waals surface area contributed by atoms with E-state index in [1.54, 1.807) is 97.1 Å². The molecule has 0 atom stereocenters. The molecular weight excluding hydrogens is 627 g/mol. The lowest BCUT2D eigenvalue weighted by molar-refractivity contribution is 0.103. The second-order valence-electron chi connectivity index (χ2n) is 11.6. The average molecular weight is 658 g/mol. The Balaban J connectivity index is 1.06. The minimum Gasteiger partial charge on any atom is -0.457 e. The molecule has 6 aromatic rings. The monoisotopic (exact) mass is 656 g/mol. The van der Waals surface area contributed by atoms with Crippen molar-refractivity contribution in [2.24, 2.45) is 0 Å². The van der Waals surface area contributed by atoms with Crippen molar-refractivity contribution in [2.45, 2.75) is 19.3 Å². The number of rotatable bonds is 10. The Bertz CT molecular complexity index is 1850. The molecule has 0 N–H and O–H groups in total. The van der Waals surface area contributed by atoms with Crippen LogP contribution < -0.4 is 9.47 Å². The van der Waals surface area contributed by atoms with E-state index in [2.05, 4.69) is 38.1 Å². The van der Waals surface area contributed by atoms with Crippen LogP contribution in [-0.2, 0) is 5.41 Å². The lowest BCUT2D eigenvalue weighted by Crippen LogP contribution is -2.18. The maximum absolute atomic E-state index is 12.8. The molecule has 0 aromatic heterocycles. The van der Waals surface area contributed by atoms with Gasteiger partial charge >= 0.3 is 0 Å². The molecule has 6 rings (SSSR count). The Morgan fingerprint density at radius 1 is 0.404 bits per heavy atom. The van der Waals surface area contributed by atoms with E-state index in [9.17, 15) is 9.59 Å². The molecule has 0 fully saturated rings. The molecule has 6 heteroatoms. The third-order valence-corrected chi connectivity index (χ3v) is 8.57. The molecule has 0 unspecified atom stereocenters. The summed E-state index contributed by atoms with van der Waals surface area (Å²) in [4.78, 5) is 25.5. The highest BCUT2D eigenvalue weighted by Crippen LogP contribution is 2.35. The summed E-state index contributed by atoms with van der Waals surface area (Å²) in [5.41, 5.74) is 4.30. The molecule has 0 radical (unpaired) electrons. The number of hydrogen-bond donors (Lipinski definition) is 0. The topological polar surface area (TPSA) is 52.6 Å². The number of carbonyl (C=O) groups is 2. The number of ketones is 2. The second kappa shape index (κ2) is 13.7. The van der Waals surface area contributed by atoms with Gasteiger partial charge in [0.05, 0.1) is 0 Å². The normalized spacial score (nSPS) is 11.1. The SMILES string of the molecule is CC(C)(c1ccc(Oc2ccc(C(=O)c3ccc(Cl)cc3)cc2)cc1)c1ccc(Oc2ccc(C(=O)c3ccc(Cl)cc3)cc2)cc1. The summed E-state index contributed by atoms with van der Waals surface area (Å²) >= 11 is 11.9. The summed E-state index contributed by atoms with van der Waals surface area (Å²) in [6, 6.07) is 43.9. The van der Waals surface area contributed by atoms with Crippen molar-refractivity contribution in [3.8, 4) is 23.0 Å². The summed E-state index contributed by atoms with van der Waals surface area (Å²) in [7, 11) is 0. The third-order valence-electron chi connectivity index (χ3n) is 8.07. The van der Waals surface area contributed by atoms with E-state index in [0.29, 0.717) is 55.3 Å². The van der Waals surface area contributed by atoms with E-state index < -0.39 is 0 Å². The lowest BCUT2D eigenvalue weighted by Gasteiger charge is -2.26. The molecule has 4 nitrogen and oxygen atoms in total. The molecule has 6 aromatic carbocycles. The molecule has 0 spiro atoms. The van der Waals surface area contributed by atoms with Crippen molar-refractivity contribution < 1.29 is 19.1 Å². The number of ether oxygens (including phenoxy) is 2. The van der Waals surface area contributed by atoms with Crippen LogP contribution in [0.3, 0.4) is 0 Å². The van der Waals surface area contributed by atoms with Crippen LogP contribution in [0.15, 0.2) is 146 Å². The quantitative estimate of drug-likeness (QED) is 0.138. The highest BCUT2D eigenvalue weighted by Gasteiger charge is 2.23. The minimum absolute atomic E-state index is 0.0723. The van der Waals surface area contributed by atoms with Crippen LogP contribution in [-0.4, -0.2) is 11.6 Å². The minimum atomic E-state index is -0.273. The first-order valence-corrected chi connectivity index (χ1v) is 15.8. The Labute approximate surface area is 284 Å². The first kappa shape index (κ1) is 31.8. The highest BCUT2D eigenvalue weighted by molar-refractivity contribution is 6.31. The van der Waals surface area contributed by atoms with Crippen LogP contribution in [0.5, 0.6) is 23.0 Å². The van der Waals surface area contributed by atoms with E-state index in [0.717, 1.165) is 11.1 Å². The van der Waals surface area contributed by atoms with Gasteiger partial charge in [0.2, 0.25) is 0 Å². The molecule has 0 saturated heterocycles. The molecule has 0 aliphatic carbocycles. The number of benzene rings is 6. The van der Waals surface area contributed by atoms with Crippen LogP contribution in [0.2, 0.25) is 10.0 Å². The molecule has 0 aliphatic heterocycles. The van der Waals surface area contributed by atoms with Crippen molar-refractivity contribution >= 4 is 34.8 Å². The fraction of sp³-hybridized carbons (Fsp3) is 0.0732. The molecule has 0 bridgehead atoms. The van der Waals surface area contributed by atoms with Crippen LogP contribution >= 0.6 is 23.2 Å². The average Bonchev–Trinajstić information content (AvgIpc) is 3.09. The number of hydrogen-bond acceptors (Lipinski definition) is 4. The second-order valence-corrected chi connectivity index (χ2v) is 12.5. The van der Waals surface area contributed by atoms with Gasteiger partial charge in [-0.15, -0.1) is 0 Å². The van der Waals surface area contributed by atoms with Crippen LogP contribution in [0.4, 0.5) is 0 Å². The molecule has 0 saturated carbocycles. The van der Waals surface area contributed by atoms with Crippen molar-refractivity contribution in [2.75, 3.05) is 0 Å². The van der Waals surface area contributed by atoms with E-state index in [1.165, 1.54) is 0 Å². The molecule has 47 heavy (non-hydrogen) atoms. The summed E-state index contributed by atoms with van der Waals surface area (Å²) in [5, 5.41) is 1.18. The van der Waals surface area contributed by atoms with Crippen molar-refractivity contribution in [3.63, 3.8) is 0 Å². The lowest BCUT2D eigenvalue weighted by atomic mass is 9.78. The van der Waals surface area contributed by atoms with E-state index in [4.69, 9.17) is 32.7 Å². The maximum Gasteiger partial charge on any atom is 0.193 e. The van der Waals surface area contributed by atoms with Gasteiger partial charge in [-0.1, -0.05) is 61.3 Å². The van der Waals surface area contributed by atoms with Gasteiger partial charge in [0.1, 0.15) is 23.0 Å². The van der Waals surface area contributed by atoms with Crippen LogP contribution in [0.1, 0.15) is 56.8 Å². The van der Waals surface area contributed by atoms with Crippen molar-refractivity contribution in [1.82, 2.24) is 0 Å². The highest BCUT2D eigenvalue weighted by atomic mass is 35.5. The van der Waals surface area contributed by atoms with Crippen molar-refractivity contribution in [1.29, 1.82) is 0 Å². The fourth-order valence-electron chi connectivity index (χ4n) is 5.20. The van der Waals surface area contributed by atoms with Crippen molar-refractivity contribution in [3.05, 3.63) is 189 Å². The first-order chi connectivity index (χ1) is 22.7. The van der Waals surface area contributed by atoms with Crippen LogP contribution in [0.25, 0.3) is 0 Å². The smallest absolute Gasteiger partial charge is 0.193 e. The first-order valence-electron chi connectivity index (χ1n) is 15.0.